The van der Waals surface area contributed by atoms with E-state index < -0.39 is 0 Å². The second-order valence-corrected chi connectivity index (χ2v) is 4.90. The fraction of sp³-hybridized carbons (Fsp3) is 0.643. The van der Waals surface area contributed by atoms with Gasteiger partial charge in [-0.15, -0.1) is 0 Å². The van der Waals surface area contributed by atoms with Crippen molar-refractivity contribution in [2.75, 3.05) is 26.3 Å². The minimum Gasteiger partial charge on any atom is -0.472 e. The molecule has 1 aromatic rings. The van der Waals surface area contributed by atoms with Crippen LogP contribution in [0.3, 0.4) is 0 Å². The predicted octanol–water partition coefficient (Wildman–Crippen LogP) is 1.11. The topological polar surface area (TPSA) is 64.5 Å². The van der Waals surface area contributed by atoms with E-state index in [0.717, 1.165) is 12.1 Å². The van der Waals surface area contributed by atoms with Gasteiger partial charge in [0.25, 0.3) is 0 Å². The van der Waals surface area contributed by atoms with Gasteiger partial charge in [0.2, 0.25) is 11.8 Å². The summed E-state index contributed by atoms with van der Waals surface area (Å²) in [5.41, 5.74) is 0.884. The third-order valence-corrected chi connectivity index (χ3v) is 3.16. The summed E-state index contributed by atoms with van der Waals surface area (Å²) in [6.45, 7) is 7.63. The van der Waals surface area contributed by atoms with Crippen molar-refractivity contribution in [1.29, 1.82) is 0 Å². The van der Waals surface area contributed by atoms with E-state index in [9.17, 15) is 4.79 Å². The molecule has 20 heavy (non-hydrogen) atoms. The van der Waals surface area contributed by atoms with Gasteiger partial charge in [-0.1, -0.05) is 0 Å². The lowest BCUT2D eigenvalue weighted by molar-refractivity contribution is -0.135. The second kappa shape index (κ2) is 6.65. The summed E-state index contributed by atoms with van der Waals surface area (Å²) in [5, 5.41) is 0. The van der Waals surface area contributed by atoms with E-state index in [1.54, 1.807) is 4.90 Å². The largest absolute Gasteiger partial charge is 0.472 e. The molecule has 110 valence electrons. The van der Waals surface area contributed by atoms with Gasteiger partial charge in [-0.3, -0.25) is 4.79 Å². The molecule has 1 amide bonds. The number of likely N-dealkylation sites (tertiary alicyclic amines) is 1. The van der Waals surface area contributed by atoms with Gasteiger partial charge in [0.15, 0.2) is 0 Å². The lowest BCUT2D eigenvalue weighted by atomic mass is 10.3. The van der Waals surface area contributed by atoms with Crippen LogP contribution in [0, 0.1) is 13.8 Å². The minimum absolute atomic E-state index is 0.00530. The number of hydrogen-bond donors (Lipinski definition) is 0. The standard InChI is InChI=1S/C14H21N3O3/c1-4-19-9-14(18)17-6-5-12(8-17)20-13-7-10(2)15-11(3)16-13/h7,12H,4-6,8-9H2,1-3H3/t12-/m1/s1. The summed E-state index contributed by atoms with van der Waals surface area (Å²) in [4.78, 5) is 22.1. The molecule has 0 aromatic carbocycles. The Morgan fingerprint density at radius 1 is 1.45 bits per heavy atom. The zero-order valence-corrected chi connectivity index (χ0v) is 12.3. The highest BCUT2D eigenvalue weighted by Gasteiger charge is 2.27. The highest BCUT2D eigenvalue weighted by molar-refractivity contribution is 5.77. The first-order valence-electron chi connectivity index (χ1n) is 6.93. The van der Waals surface area contributed by atoms with Crippen molar-refractivity contribution in [2.45, 2.75) is 33.3 Å². The van der Waals surface area contributed by atoms with Gasteiger partial charge in [-0.2, -0.15) is 4.98 Å². The van der Waals surface area contributed by atoms with Crippen molar-refractivity contribution in [2.24, 2.45) is 0 Å². The molecule has 1 saturated heterocycles. The van der Waals surface area contributed by atoms with Crippen LogP contribution >= 0.6 is 0 Å². The third kappa shape index (κ3) is 3.90. The molecular weight excluding hydrogens is 258 g/mol. The molecule has 1 atom stereocenters. The van der Waals surface area contributed by atoms with E-state index in [1.807, 2.05) is 26.8 Å². The van der Waals surface area contributed by atoms with Crippen LogP contribution in [0.1, 0.15) is 24.9 Å². The van der Waals surface area contributed by atoms with Gasteiger partial charge in [-0.05, 0) is 20.8 Å². The number of carbonyl (C=O) groups excluding carboxylic acids is 1. The van der Waals surface area contributed by atoms with Crippen molar-refractivity contribution in [3.8, 4) is 5.88 Å². The molecule has 1 aliphatic rings. The summed E-state index contributed by atoms with van der Waals surface area (Å²) < 4.78 is 11.0. The smallest absolute Gasteiger partial charge is 0.248 e. The normalized spacial score (nSPS) is 18.4. The number of hydrogen-bond acceptors (Lipinski definition) is 5. The Labute approximate surface area is 119 Å². The van der Waals surface area contributed by atoms with Crippen molar-refractivity contribution < 1.29 is 14.3 Å². The van der Waals surface area contributed by atoms with E-state index >= 15 is 0 Å². The van der Waals surface area contributed by atoms with Crippen molar-refractivity contribution in [1.82, 2.24) is 14.9 Å². The highest BCUT2D eigenvalue weighted by atomic mass is 16.5. The van der Waals surface area contributed by atoms with Crippen LogP contribution in [0.4, 0.5) is 0 Å². The van der Waals surface area contributed by atoms with Crippen molar-refractivity contribution >= 4 is 5.91 Å². The molecule has 1 aliphatic heterocycles. The quantitative estimate of drug-likeness (QED) is 0.808. The first-order valence-corrected chi connectivity index (χ1v) is 6.93. The molecular formula is C14H21N3O3. The fourth-order valence-corrected chi connectivity index (χ4v) is 2.25. The lowest BCUT2D eigenvalue weighted by Crippen LogP contribution is -2.33. The number of rotatable bonds is 5. The van der Waals surface area contributed by atoms with E-state index in [2.05, 4.69) is 9.97 Å². The van der Waals surface area contributed by atoms with Crippen LogP contribution in [0.5, 0.6) is 5.88 Å². The summed E-state index contributed by atoms with van der Waals surface area (Å²) in [6, 6.07) is 1.82. The first-order chi connectivity index (χ1) is 9.58. The Bertz CT molecular complexity index is 458. The van der Waals surface area contributed by atoms with Gasteiger partial charge < -0.3 is 14.4 Å². The van der Waals surface area contributed by atoms with E-state index in [-0.39, 0.29) is 18.6 Å². The molecule has 1 fully saturated rings. The number of carbonyl (C=O) groups is 1. The van der Waals surface area contributed by atoms with Crippen LogP contribution in [-0.2, 0) is 9.53 Å². The SMILES string of the molecule is CCOCC(=O)N1CC[C@@H](Oc2cc(C)nc(C)n2)C1. The van der Waals surface area contributed by atoms with Gasteiger partial charge in [0.05, 0.1) is 6.54 Å². The number of ether oxygens (including phenoxy) is 2. The van der Waals surface area contributed by atoms with Crippen LogP contribution < -0.4 is 4.74 Å². The number of amides is 1. The van der Waals surface area contributed by atoms with Gasteiger partial charge in [-0.25, -0.2) is 4.98 Å². The predicted molar refractivity (Wildman–Crippen MR) is 73.6 cm³/mol. The molecule has 6 nitrogen and oxygen atoms in total. The Kier molecular flexibility index (Phi) is 4.89. The third-order valence-electron chi connectivity index (χ3n) is 3.16. The summed E-state index contributed by atoms with van der Waals surface area (Å²) in [6.07, 6.45) is 0.814. The van der Waals surface area contributed by atoms with Crippen LogP contribution in [-0.4, -0.2) is 53.2 Å². The Morgan fingerprint density at radius 3 is 2.95 bits per heavy atom. The van der Waals surface area contributed by atoms with E-state index in [4.69, 9.17) is 9.47 Å². The summed E-state index contributed by atoms with van der Waals surface area (Å²) in [5.74, 6) is 1.30. The van der Waals surface area contributed by atoms with E-state index in [1.165, 1.54) is 0 Å². The molecule has 0 unspecified atom stereocenters. The molecule has 0 radical (unpaired) electrons. The second-order valence-electron chi connectivity index (χ2n) is 4.90. The zero-order chi connectivity index (χ0) is 14.5. The van der Waals surface area contributed by atoms with Gasteiger partial charge in [0, 0.05) is 31.3 Å². The minimum atomic E-state index is -0.00530. The molecule has 0 spiro atoms. The zero-order valence-electron chi connectivity index (χ0n) is 12.3. The van der Waals surface area contributed by atoms with Crippen LogP contribution in [0.15, 0.2) is 6.07 Å². The summed E-state index contributed by atoms with van der Waals surface area (Å²) in [7, 11) is 0. The molecule has 6 heteroatoms. The Balaban J connectivity index is 1.88. The van der Waals surface area contributed by atoms with Gasteiger partial charge >= 0.3 is 0 Å². The number of aryl methyl sites for hydroxylation is 2. The fourth-order valence-electron chi connectivity index (χ4n) is 2.25. The molecule has 2 heterocycles. The molecule has 0 bridgehead atoms. The molecule has 0 saturated carbocycles. The summed E-state index contributed by atoms with van der Waals surface area (Å²) >= 11 is 0. The van der Waals surface area contributed by atoms with Crippen LogP contribution in [0.25, 0.3) is 0 Å². The lowest BCUT2D eigenvalue weighted by Gasteiger charge is -2.17. The molecule has 2 rings (SSSR count). The Morgan fingerprint density at radius 2 is 2.25 bits per heavy atom. The highest BCUT2D eigenvalue weighted by Crippen LogP contribution is 2.17. The maximum Gasteiger partial charge on any atom is 0.248 e. The van der Waals surface area contributed by atoms with E-state index in [0.29, 0.717) is 31.4 Å². The maximum atomic E-state index is 11.8. The number of nitrogens with zero attached hydrogens (tertiary/aromatic N) is 3. The Hall–Kier alpha value is -1.69. The molecule has 0 N–H and O–H groups in total. The average Bonchev–Trinajstić information content (AvgIpc) is 2.83. The van der Waals surface area contributed by atoms with Crippen molar-refractivity contribution in [3.63, 3.8) is 0 Å². The van der Waals surface area contributed by atoms with Crippen LogP contribution in [0.2, 0.25) is 0 Å². The monoisotopic (exact) mass is 279 g/mol. The first kappa shape index (κ1) is 14.7. The van der Waals surface area contributed by atoms with Gasteiger partial charge in [0.1, 0.15) is 18.5 Å². The molecule has 0 aliphatic carbocycles. The molecule has 1 aromatic heterocycles. The maximum absolute atomic E-state index is 11.8. The number of aromatic nitrogens is 2. The average molecular weight is 279 g/mol. The van der Waals surface area contributed by atoms with Crippen molar-refractivity contribution in [3.05, 3.63) is 17.6 Å².